The summed E-state index contributed by atoms with van der Waals surface area (Å²) in [6, 6.07) is 6.65. The van der Waals surface area contributed by atoms with Crippen LogP contribution in [0, 0.1) is 0 Å². The van der Waals surface area contributed by atoms with Crippen LogP contribution in [-0.2, 0) is 19.3 Å². The molecule has 5 nitrogen and oxygen atoms in total. The van der Waals surface area contributed by atoms with Crippen LogP contribution >= 0.6 is 0 Å². The summed E-state index contributed by atoms with van der Waals surface area (Å²) in [7, 11) is 0. The summed E-state index contributed by atoms with van der Waals surface area (Å²) in [4.78, 5) is 7.07. The van der Waals surface area contributed by atoms with Gasteiger partial charge >= 0.3 is 0 Å². The van der Waals surface area contributed by atoms with E-state index in [0.29, 0.717) is 5.92 Å². The number of aryl methyl sites for hydroxylation is 1. The van der Waals surface area contributed by atoms with Gasteiger partial charge in [-0.1, -0.05) is 24.2 Å². The van der Waals surface area contributed by atoms with E-state index in [1.54, 1.807) is 0 Å². The first-order valence-corrected chi connectivity index (χ1v) is 9.11. The first kappa shape index (κ1) is 15.6. The van der Waals surface area contributed by atoms with Gasteiger partial charge in [0.1, 0.15) is 5.75 Å². The van der Waals surface area contributed by atoms with Crippen LogP contribution in [-0.4, -0.2) is 41.3 Å². The molecule has 0 aliphatic carbocycles. The van der Waals surface area contributed by atoms with Crippen molar-refractivity contribution in [3.63, 3.8) is 0 Å². The minimum Gasteiger partial charge on any atom is -0.493 e. The third-order valence-electron chi connectivity index (χ3n) is 5.13. The highest BCUT2D eigenvalue weighted by Crippen LogP contribution is 2.27. The molecule has 0 N–H and O–H groups in total. The first-order valence-electron chi connectivity index (χ1n) is 9.11. The summed E-state index contributed by atoms with van der Waals surface area (Å²) in [5.41, 5.74) is 2.78. The smallest absolute Gasteiger partial charge is 0.226 e. The molecule has 1 aromatic heterocycles. The molecule has 2 aromatic rings. The number of hydrogen-bond donors (Lipinski definition) is 0. The van der Waals surface area contributed by atoms with Gasteiger partial charge < -0.3 is 14.2 Å². The summed E-state index contributed by atoms with van der Waals surface area (Å²) in [6.07, 6.45) is 5.32. The molecule has 2 aliphatic heterocycles. The van der Waals surface area contributed by atoms with Gasteiger partial charge in [0.25, 0.3) is 0 Å². The van der Waals surface area contributed by atoms with Gasteiger partial charge in [0.05, 0.1) is 6.61 Å². The number of ether oxygens (including phenoxy) is 1. The zero-order valence-electron chi connectivity index (χ0n) is 14.3. The van der Waals surface area contributed by atoms with Crippen molar-refractivity contribution >= 4 is 0 Å². The van der Waals surface area contributed by atoms with Crippen LogP contribution in [0.4, 0.5) is 0 Å². The molecule has 4 rings (SSSR count). The number of benzene rings is 1. The normalized spacial score (nSPS) is 20.8. The zero-order chi connectivity index (χ0) is 16.4. The topological polar surface area (TPSA) is 51.4 Å². The van der Waals surface area contributed by atoms with Crippen molar-refractivity contribution in [3.8, 4) is 5.75 Å². The Labute approximate surface area is 143 Å². The molecular formula is C19H25N3O2. The molecule has 24 heavy (non-hydrogen) atoms. The van der Waals surface area contributed by atoms with Crippen molar-refractivity contribution in [3.05, 3.63) is 41.0 Å². The van der Waals surface area contributed by atoms with Gasteiger partial charge in [0.2, 0.25) is 5.89 Å². The Bertz CT molecular complexity index is 698. The first-order chi connectivity index (χ1) is 11.8. The molecule has 0 saturated carbocycles. The van der Waals surface area contributed by atoms with Crippen LogP contribution in [0.1, 0.15) is 48.5 Å². The second-order valence-electron chi connectivity index (χ2n) is 6.83. The Morgan fingerprint density at radius 3 is 3.17 bits per heavy atom. The van der Waals surface area contributed by atoms with Crippen molar-refractivity contribution in [2.45, 2.75) is 44.9 Å². The standard InChI is InChI=1S/C19H25N3O2/c1-2-18-20-19(21-24-18)16-4-3-9-22(13-16)10-7-14-5-6-17-15(12-14)8-11-23-17/h5-6,12,16H,2-4,7-11,13H2,1H3. The lowest BCUT2D eigenvalue weighted by Crippen LogP contribution is -2.36. The molecule has 0 bridgehead atoms. The number of nitrogens with zero attached hydrogens (tertiary/aromatic N) is 3. The SMILES string of the molecule is CCc1nc(C2CCCN(CCc3ccc4c(c3)CCO4)C2)no1. The van der Waals surface area contributed by atoms with Crippen LogP contribution in [0.25, 0.3) is 0 Å². The van der Waals surface area contributed by atoms with Gasteiger partial charge in [0.15, 0.2) is 5.82 Å². The summed E-state index contributed by atoms with van der Waals surface area (Å²) >= 11 is 0. The highest BCUT2D eigenvalue weighted by atomic mass is 16.5. The van der Waals surface area contributed by atoms with Crippen LogP contribution in [0.3, 0.4) is 0 Å². The quantitative estimate of drug-likeness (QED) is 0.845. The van der Waals surface area contributed by atoms with E-state index >= 15 is 0 Å². The van der Waals surface area contributed by atoms with E-state index in [9.17, 15) is 0 Å². The molecule has 5 heteroatoms. The van der Waals surface area contributed by atoms with Crippen molar-refractivity contribution in [1.82, 2.24) is 15.0 Å². The lowest BCUT2D eigenvalue weighted by Gasteiger charge is -2.31. The molecule has 1 fully saturated rings. The fraction of sp³-hybridized carbons (Fsp3) is 0.579. The Balaban J connectivity index is 1.34. The zero-order valence-corrected chi connectivity index (χ0v) is 14.3. The van der Waals surface area contributed by atoms with E-state index in [4.69, 9.17) is 9.26 Å². The number of piperidine rings is 1. The van der Waals surface area contributed by atoms with Crippen LogP contribution in [0.15, 0.2) is 22.7 Å². The fourth-order valence-corrected chi connectivity index (χ4v) is 3.73. The van der Waals surface area contributed by atoms with Gasteiger partial charge in [-0.05, 0) is 43.0 Å². The Kier molecular flexibility index (Phi) is 4.52. The predicted molar refractivity (Wildman–Crippen MR) is 91.4 cm³/mol. The second kappa shape index (κ2) is 6.93. The van der Waals surface area contributed by atoms with E-state index in [2.05, 4.69) is 33.2 Å². The predicted octanol–water partition coefficient (Wildman–Crippen LogP) is 2.99. The second-order valence-corrected chi connectivity index (χ2v) is 6.83. The number of aromatic nitrogens is 2. The number of likely N-dealkylation sites (tertiary alicyclic amines) is 1. The monoisotopic (exact) mass is 327 g/mol. The van der Waals surface area contributed by atoms with Crippen LogP contribution in [0.2, 0.25) is 0 Å². The summed E-state index contributed by atoms with van der Waals surface area (Å²) in [5.74, 6) is 3.13. The Morgan fingerprint density at radius 1 is 1.33 bits per heavy atom. The number of hydrogen-bond acceptors (Lipinski definition) is 5. The van der Waals surface area contributed by atoms with Crippen molar-refractivity contribution in [2.75, 3.05) is 26.2 Å². The minimum atomic E-state index is 0.413. The molecule has 128 valence electrons. The average Bonchev–Trinajstić information content (AvgIpc) is 3.28. The van der Waals surface area contributed by atoms with Gasteiger partial charge in [-0.3, -0.25) is 0 Å². The minimum absolute atomic E-state index is 0.413. The molecule has 2 aliphatic rings. The lowest BCUT2D eigenvalue weighted by atomic mass is 9.97. The van der Waals surface area contributed by atoms with E-state index in [1.807, 2.05) is 6.92 Å². The van der Waals surface area contributed by atoms with Gasteiger partial charge in [-0.15, -0.1) is 0 Å². The van der Waals surface area contributed by atoms with Crippen molar-refractivity contribution < 1.29 is 9.26 Å². The maximum Gasteiger partial charge on any atom is 0.226 e. The summed E-state index contributed by atoms with van der Waals surface area (Å²) < 4.78 is 10.9. The van der Waals surface area contributed by atoms with E-state index < -0.39 is 0 Å². The largest absolute Gasteiger partial charge is 0.493 e. The Morgan fingerprint density at radius 2 is 2.29 bits per heavy atom. The molecular weight excluding hydrogens is 302 g/mol. The molecule has 0 spiro atoms. The molecule has 0 amide bonds. The highest BCUT2D eigenvalue weighted by molar-refractivity contribution is 5.39. The Hall–Kier alpha value is -1.88. The number of fused-ring (bicyclic) bond motifs is 1. The molecule has 1 unspecified atom stereocenters. The van der Waals surface area contributed by atoms with E-state index in [-0.39, 0.29) is 0 Å². The lowest BCUT2D eigenvalue weighted by molar-refractivity contribution is 0.204. The molecule has 0 radical (unpaired) electrons. The highest BCUT2D eigenvalue weighted by Gasteiger charge is 2.25. The fourth-order valence-electron chi connectivity index (χ4n) is 3.73. The van der Waals surface area contributed by atoms with Gasteiger partial charge in [-0.2, -0.15) is 4.98 Å². The molecule has 1 atom stereocenters. The molecule has 1 saturated heterocycles. The third-order valence-corrected chi connectivity index (χ3v) is 5.13. The van der Waals surface area contributed by atoms with Gasteiger partial charge in [0, 0.05) is 31.8 Å². The van der Waals surface area contributed by atoms with Crippen LogP contribution in [0.5, 0.6) is 5.75 Å². The average molecular weight is 327 g/mol. The third kappa shape index (κ3) is 3.31. The maximum atomic E-state index is 5.59. The summed E-state index contributed by atoms with van der Waals surface area (Å²) in [5, 5.41) is 4.18. The summed E-state index contributed by atoms with van der Waals surface area (Å²) in [6.45, 7) is 6.18. The molecule has 1 aromatic carbocycles. The van der Waals surface area contributed by atoms with Crippen molar-refractivity contribution in [1.29, 1.82) is 0 Å². The maximum absolute atomic E-state index is 5.59. The van der Waals surface area contributed by atoms with E-state index in [0.717, 1.165) is 62.8 Å². The van der Waals surface area contributed by atoms with Gasteiger partial charge in [-0.25, -0.2) is 0 Å². The van der Waals surface area contributed by atoms with Crippen LogP contribution < -0.4 is 4.74 Å². The molecule has 3 heterocycles. The van der Waals surface area contributed by atoms with Crippen molar-refractivity contribution in [2.24, 2.45) is 0 Å². The van der Waals surface area contributed by atoms with E-state index in [1.165, 1.54) is 24.1 Å². The number of rotatable bonds is 5.